The van der Waals surface area contributed by atoms with Crippen LogP contribution < -0.4 is 0 Å². The summed E-state index contributed by atoms with van der Waals surface area (Å²) in [5.41, 5.74) is 0.371. The van der Waals surface area contributed by atoms with Crippen molar-refractivity contribution in [1.29, 1.82) is 5.26 Å². The van der Waals surface area contributed by atoms with Crippen molar-refractivity contribution in [3.05, 3.63) is 0 Å². The fraction of sp³-hybridized carbons (Fsp3) is 0.941. The van der Waals surface area contributed by atoms with E-state index in [0.717, 1.165) is 24.8 Å². The summed E-state index contributed by atoms with van der Waals surface area (Å²) in [5, 5.41) is 9.41. The summed E-state index contributed by atoms with van der Waals surface area (Å²) in [5.74, 6) is 1.70. The van der Waals surface area contributed by atoms with E-state index in [-0.39, 0.29) is 5.92 Å². The second-order valence-corrected chi connectivity index (χ2v) is 7.63. The molecule has 0 radical (unpaired) electrons. The van der Waals surface area contributed by atoms with Gasteiger partial charge in [0.15, 0.2) is 0 Å². The van der Waals surface area contributed by atoms with Crippen LogP contribution in [0.4, 0.5) is 0 Å². The first-order chi connectivity index (χ1) is 8.79. The molecule has 1 saturated carbocycles. The van der Waals surface area contributed by atoms with Gasteiger partial charge in [-0.15, -0.1) is 0 Å². The summed E-state index contributed by atoms with van der Waals surface area (Å²) < 4.78 is 0. The Morgan fingerprint density at radius 2 is 1.95 bits per heavy atom. The molecule has 4 unspecified atom stereocenters. The maximum absolute atomic E-state index is 9.41. The molecule has 0 aromatic carbocycles. The summed E-state index contributed by atoms with van der Waals surface area (Å²) in [6.07, 6.45) is 4.70. The predicted octanol–water partition coefficient (Wildman–Crippen LogP) is 4.32. The highest BCUT2D eigenvalue weighted by atomic mass is 15.1. The molecule has 2 nitrogen and oxygen atoms in total. The molecule has 110 valence electrons. The first kappa shape index (κ1) is 16.5. The van der Waals surface area contributed by atoms with Gasteiger partial charge in [0.25, 0.3) is 0 Å². The van der Waals surface area contributed by atoms with E-state index in [2.05, 4.69) is 52.6 Å². The molecule has 1 aliphatic rings. The molecule has 0 N–H and O–H groups in total. The summed E-state index contributed by atoms with van der Waals surface area (Å²) in [4.78, 5) is 2.46. The molecule has 0 heterocycles. The molecule has 4 atom stereocenters. The summed E-state index contributed by atoms with van der Waals surface area (Å²) in [6.45, 7) is 12.7. The Morgan fingerprint density at radius 3 is 2.42 bits per heavy atom. The van der Waals surface area contributed by atoms with Crippen molar-refractivity contribution >= 4 is 0 Å². The molecule has 0 saturated heterocycles. The number of rotatable bonds is 4. The molecule has 1 rings (SSSR count). The van der Waals surface area contributed by atoms with Crippen molar-refractivity contribution in [2.75, 3.05) is 13.6 Å². The van der Waals surface area contributed by atoms with Gasteiger partial charge in [0, 0.05) is 12.6 Å². The molecular weight excluding hydrogens is 232 g/mol. The average molecular weight is 264 g/mol. The summed E-state index contributed by atoms with van der Waals surface area (Å²) in [7, 11) is 2.21. The van der Waals surface area contributed by atoms with Gasteiger partial charge in [0.05, 0.1) is 12.0 Å². The summed E-state index contributed by atoms with van der Waals surface area (Å²) >= 11 is 0. The molecular formula is C17H32N2. The van der Waals surface area contributed by atoms with Crippen LogP contribution in [-0.2, 0) is 0 Å². The Balaban J connectivity index is 2.72. The van der Waals surface area contributed by atoms with E-state index in [0.29, 0.717) is 11.5 Å². The second-order valence-electron chi connectivity index (χ2n) is 7.63. The van der Waals surface area contributed by atoms with Crippen LogP contribution in [0.5, 0.6) is 0 Å². The van der Waals surface area contributed by atoms with Crippen molar-refractivity contribution in [2.45, 2.75) is 66.3 Å². The zero-order valence-electron chi connectivity index (χ0n) is 13.7. The number of hydrogen-bond donors (Lipinski definition) is 0. The topological polar surface area (TPSA) is 27.0 Å². The van der Waals surface area contributed by atoms with Crippen molar-refractivity contribution < 1.29 is 0 Å². The first-order valence-electron chi connectivity index (χ1n) is 7.89. The molecule has 2 heteroatoms. The molecule has 1 aliphatic carbocycles. The van der Waals surface area contributed by atoms with Crippen molar-refractivity contribution in [1.82, 2.24) is 4.90 Å². The third kappa shape index (κ3) is 4.49. The highest BCUT2D eigenvalue weighted by molar-refractivity contribution is 4.99. The Morgan fingerprint density at radius 1 is 1.32 bits per heavy atom. The SMILES string of the molecule is CCC(C)CN(C)C1CC(C(C)(C)C)CCC1C#N. The Labute approximate surface area is 120 Å². The Kier molecular flexibility index (Phi) is 5.86. The molecule has 19 heavy (non-hydrogen) atoms. The van der Waals surface area contributed by atoms with Crippen LogP contribution in [0.15, 0.2) is 0 Å². The van der Waals surface area contributed by atoms with Crippen LogP contribution in [0.2, 0.25) is 0 Å². The van der Waals surface area contributed by atoms with Crippen molar-refractivity contribution in [3.8, 4) is 6.07 Å². The van der Waals surface area contributed by atoms with Gasteiger partial charge in [-0.2, -0.15) is 5.26 Å². The van der Waals surface area contributed by atoms with E-state index in [1.165, 1.54) is 19.3 Å². The van der Waals surface area contributed by atoms with Gasteiger partial charge in [-0.05, 0) is 43.6 Å². The van der Waals surface area contributed by atoms with Gasteiger partial charge in [-0.25, -0.2) is 0 Å². The molecule has 0 amide bonds. The standard InChI is InChI=1S/C17H32N2/c1-7-13(2)12-19(6)16-10-15(17(3,4)5)9-8-14(16)11-18/h13-16H,7-10,12H2,1-6H3. The summed E-state index contributed by atoms with van der Waals surface area (Å²) in [6, 6.07) is 3.01. The van der Waals surface area contributed by atoms with Gasteiger partial charge in [0.1, 0.15) is 0 Å². The fourth-order valence-electron chi connectivity index (χ4n) is 3.33. The maximum atomic E-state index is 9.41. The lowest BCUT2D eigenvalue weighted by Gasteiger charge is -2.43. The smallest absolute Gasteiger partial charge is 0.0672 e. The van der Waals surface area contributed by atoms with E-state index >= 15 is 0 Å². The molecule has 0 bridgehead atoms. The van der Waals surface area contributed by atoms with Crippen LogP contribution in [0, 0.1) is 34.5 Å². The second kappa shape index (κ2) is 6.75. The monoisotopic (exact) mass is 264 g/mol. The lowest BCUT2D eigenvalue weighted by Crippen LogP contribution is -2.45. The highest BCUT2D eigenvalue weighted by Crippen LogP contribution is 2.41. The van der Waals surface area contributed by atoms with Crippen LogP contribution >= 0.6 is 0 Å². The van der Waals surface area contributed by atoms with Crippen molar-refractivity contribution in [2.24, 2.45) is 23.2 Å². The zero-order valence-corrected chi connectivity index (χ0v) is 13.7. The van der Waals surface area contributed by atoms with E-state index < -0.39 is 0 Å². The lowest BCUT2D eigenvalue weighted by atomic mass is 9.68. The molecule has 1 fully saturated rings. The van der Waals surface area contributed by atoms with E-state index in [1.54, 1.807) is 0 Å². The fourth-order valence-corrected chi connectivity index (χ4v) is 3.33. The lowest BCUT2D eigenvalue weighted by molar-refractivity contribution is 0.0677. The Bertz CT molecular complexity index is 310. The number of nitrogens with zero attached hydrogens (tertiary/aromatic N) is 2. The predicted molar refractivity (Wildman–Crippen MR) is 81.8 cm³/mol. The number of hydrogen-bond acceptors (Lipinski definition) is 2. The van der Waals surface area contributed by atoms with Crippen molar-refractivity contribution in [3.63, 3.8) is 0 Å². The zero-order chi connectivity index (χ0) is 14.6. The highest BCUT2D eigenvalue weighted by Gasteiger charge is 2.37. The quantitative estimate of drug-likeness (QED) is 0.756. The minimum absolute atomic E-state index is 0.229. The normalized spacial score (nSPS) is 30.1. The molecule has 0 aromatic rings. The largest absolute Gasteiger partial charge is 0.302 e. The van der Waals surface area contributed by atoms with Gasteiger partial charge >= 0.3 is 0 Å². The number of nitriles is 1. The minimum Gasteiger partial charge on any atom is -0.302 e. The first-order valence-corrected chi connectivity index (χ1v) is 7.89. The Hall–Kier alpha value is -0.550. The van der Waals surface area contributed by atoms with Crippen LogP contribution in [0.3, 0.4) is 0 Å². The minimum atomic E-state index is 0.229. The van der Waals surface area contributed by atoms with Crippen LogP contribution in [0.25, 0.3) is 0 Å². The maximum Gasteiger partial charge on any atom is 0.0672 e. The third-order valence-electron chi connectivity index (χ3n) is 5.07. The average Bonchev–Trinajstić information content (AvgIpc) is 2.36. The van der Waals surface area contributed by atoms with E-state index in [4.69, 9.17) is 0 Å². The van der Waals surface area contributed by atoms with E-state index in [1.807, 2.05) is 0 Å². The molecule has 0 aromatic heterocycles. The van der Waals surface area contributed by atoms with Gasteiger partial charge in [0.2, 0.25) is 0 Å². The molecule has 0 aliphatic heterocycles. The van der Waals surface area contributed by atoms with E-state index in [9.17, 15) is 5.26 Å². The van der Waals surface area contributed by atoms with Gasteiger partial charge in [-0.3, -0.25) is 0 Å². The third-order valence-corrected chi connectivity index (χ3v) is 5.07. The van der Waals surface area contributed by atoms with Crippen LogP contribution in [0.1, 0.15) is 60.3 Å². The van der Waals surface area contributed by atoms with Crippen LogP contribution in [-0.4, -0.2) is 24.5 Å². The van der Waals surface area contributed by atoms with Gasteiger partial charge in [-0.1, -0.05) is 41.0 Å². The molecule has 0 spiro atoms. The van der Waals surface area contributed by atoms with Gasteiger partial charge < -0.3 is 4.90 Å².